The third-order valence-corrected chi connectivity index (χ3v) is 6.32. The predicted octanol–water partition coefficient (Wildman–Crippen LogP) is 3.74. The number of non-ortho nitro benzene ring substituents is 1. The van der Waals surface area contributed by atoms with E-state index in [2.05, 4.69) is 10.6 Å². The summed E-state index contributed by atoms with van der Waals surface area (Å²) in [6.07, 6.45) is 3.44. The Labute approximate surface area is 191 Å². The fourth-order valence-electron chi connectivity index (χ4n) is 4.66. The molecule has 9 heteroatoms. The third-order valence-electron chi connectivity index (χ3n) is 6.32. The van der Waals surface area contributed by atoms with Crippen molar-refractivity contribution in [3.05, 3.63) is 63.7 Å². The molecule has 1 saturated carbocycles. The van der Waals surface area contributed by atoms with Crippen molar-refractivity contribution in [1.82, 2.24) is 4.90 Å². The summed E-state index contributed by atoms with van der Waals surface area (Å²) in [5, 5.41) is 17.1. The Morgan fingerprint density at radius 2 is 1.79 bits per heavy atom. The summed E-state index contributed by atoms with van der Waals surface area (Å²) in [6.45, 7) is 2.31. The van der Waals surface area contributed by atoms with E-state index in [1.54, 1.807) is 18.2 Å². The molecule has 2 aliphatic rings. The number of fused-ring (bicyclic) bond motifs is 1. The van der Waals surface area contributed by atoms with Crippen LogP contribution >= 0.6 is 0 Å². The van der Waals surface area contributed by atoms with Crippen LogP contribution in [0.4, 0.5) is 17.1 Å². The minimum Gasteiger partial charge on any atom is -0.383 e. The number of nitrogens with one attached hydrogen (secondary N) is 2. The number of carbonyl (C=O) groups excluding carboxylic acids is 3. The van der Waals surface area contributed by atoms with Crippen LogP contribution in [0.15, 0.2) is 42.5 Å². The average molecular weight is 450 g/mol. The molecule has 2 N–H and O–H groups in total. The van der Waals surface area contributed by atoms with Crippen LogP contribution in [0.2, 0.25) is 0 Å². The summed E-state index contributed by atoms with van der Waals surface area (Å²) in [5.74, 6) is -1.14. The highest BCUT2D eigenvalue weighted by Gasteiger charge is 2.47. The Morgan fingerprint density at radius 1 is 1.09 bits per heavy atom. The smallest absolute Gasteiger partial charge is 0.270 e. The second-order valence-electron chi connectivity index (χ2n) is 8.56. The lowest BCUT2D eigenvalue weighted by molar-refractivity contribution is -0.384. The number of nitro groups is 1. The molecule has 0 unspecified atom stereocenters. The second kappa shape index (κ2) is 9.40. The number of rotatable bonds is 7. The normalized spacial score (nSPS) is 19.8. The molecule has 0 spiro atoms. The minimum absolute atomic E-state index is 0.110. The number of imide groups is 1. The van der Waals surface area contributed by atoms with Crippen molar-refractivity contribution in [3.63, 3.8) is 0 Å². The molecule has 2 fully saturated rings. The maximum absolute atomic E-state index is 12.9. The fraction of sp³-hybridized carbons (Fsp3) is 0.375. The summed E-state index contributed by atoms with van der Waals surface area (Å²) in [5.41, 5.74) is 1.84. The minimum atomic E-state index is -0.559. The van der Waals surface area contributed by atoms with Crippen molar-refractivity contribution in [2.45, 2.75) is 32.6 Å². The van der Waals surface area contributed by atoms with Crippen LogP contribution in [0.1, 0.15) is 41.6 Å². The van der Waals surface area contributed by atoms with Gasteiger partial charge in [0.1, 0.15) is 0 Å². The van der Waals surface area contributed by atoms with Crippen molar-refractivity contribution in [2.75, 3.05) is 23.7 Å². The zero-order valence-electron chi connectivity index (χ0n) is 18.4. The third kappa shape index (κ3) is 4.72. The number of carbonyl (C=O) groups is 3. The Morgan fingerprint density at radius 3 is 2.42 bits per heavy atom. The molecule has 1 aliphatic heterocycles. The number of nitrogens with zero attached hydrogens (tertiary/aromatic N) is 2. The molecule has 2 aromatic rings. The van der Waals surface area contributed by atoms with Crippen LogP contribution in [-0.2, 0) is 9.59 Å². The highest BCUT2D eigenvalue weighted by molar-refractivity contribution is 6.08. The first kappa shape index (κ1) is 22.4. The predicted molar refractivity (Wildman–Crippen MR) is 123 cm³/mol. The van der Waals surface area contributed by atoms with Crippen LogP contribution in [0, 0.1) is 28.9 Å². The Kier molecular flexibility index (Phi) is 6.39. The lowest BCUT2D eigenvalue weighted by atomic mass is 9.81. The van der Waals surface area contributed by atoms with E-state index in [1.165, 1.54) is 23.1 Å². The van der Waals surface area contributed by atoms with Gasteiger partial charge in [0.15, 0.2) is 0 Å². The summed E-state index contributed by atoms with van der Waals surface area (Å²) >= 11 is 0. The number of nitro benzene ring substituents is 1. The first-order valence-corrected chi connectivity index (χ1v) is 11.1. The van der Waals surface area contributed by atoms with E-state index in [0.29, 0.717) is 11.4 Å². The first-order valence-electron chi connectivity index (χ1n) is 11.1. The molecule has 1 saturated heterocycles. The van der Waals surface area contributed by atoms with E-state index >= 15 is 0 Å². The van der Waals surface area contributed by atoms with Gasteiger partial charge in [-0.25, -0.2) is 0 Å². The van der Waals surface area contributed by atoms with Crippen molar-refractivity contribution in [1.29, 1.82) is 0 Å². The van der Waals surface area contributed by atoms with Gasteiger partial charge in [-0.2, -0.15) is 0 Å². The number of hydrogen-bond acceptors (Lipinski definition) is 6. The lowest BCUT2D eigenvalue weighted by Crippen LogP contribution is -2.35. The van der Waals surface area contributed by atoms with Crippen LogP contribution in [0.3, 0.4) is 0 Å². The van der Waals surface area contributed by atoms with Gasteiger partial charge in [-0.15, -0.1) is 0 Å². The molecule has 0 radical (unpaired) electrons. The van der Waals surface area contributed by atoms with Gasteiger partial charge in [0.05, 0.1) is 22.3 Å². The SMILES string of the molecule is Cc1cccc(NC(=O)c2cc([N+](=O)[O-])ccc2NCCN2C(=O)[C@H]3CCCC[C@@H]3C2=O)c1. The molecule has 4 rings (SSSR count). The van der Waals surface area contributed by atoms with Crippen LogP contribution in [-0.4, -0.2) is 40.6 Å². The molecular formula is C24H26N4O5. The molecule has 172 valence electrons. The first-order chi connectivity index (χ1) is 15.8. The van der Waals surface area contributed by atoms with E-state index in [-0.39, 0.29) is 48.0 Å². The molecule has 3 amide bonds. The van der Waals surface area contributed by atoms with E-state index in [0.717, 1.165) is 31.2 Å². The van der Waals surface area contributed by atoms with Gasteiger partial charge in [0.25, 0.3) is 11.6 Å². The van der Waals surface area contributed by atoms with Gasteiger partial charge in [-0.05, 0) is 43.5 Å². The highest BCUT2D eigenvalue weighted by atomic mass is 16.6. The van der Waals surface area contributed by atoms with E-state index in [1.807, 2.05) is 13.0 Å². The number of aryl methyl sites for hydroxylation is 1. The topological polar surface area (TPSA) is 122 Å². The second-order valence-corrected chi connectivity index (χ2v) is 8.56. The van der Waals surface area contributed by atoms with Crippen molar-refractivity contribution < 1.29 is 19.3 Å². The number of hydrogen-bond donors (Lipinski definition) is 2. The van der Waals surface area contributed by atoms with Crippen molar-refractivity contribution in [3.8, 4) is 0 Å². The highest BCUT2D eigenvalue weighted by Crippen LogP contribution is 2.37. The van der Waals surface area contributed by atoms with Gasteiger partial charge in [0, 0.05) is 36.6 Å². The van der Waals surface area contributed by atoms with E-state index in [4.69, 9.17) is 0 Å². The molecule has 1 heterocycles. The molecule has 0 aromatic heterocycles. The monoisotopic (exact) mass is 450 g/mol. The summed E-state index contributed by atoms with van der Waals surface area (Å²) in [7, 11) is 0. The summed E-state index contributed by atoms with van der Waals surface area (Å²) < 4.78 is 0. The molecule has 33 heavy (non-hydrogen) atoms. The maximum atomic E-state index is 12.9. The van der Waals surface area contributed by atoms with Gasteiger partial charge in [-0.1, -0.05) is 25.0 Å². The lowest BCUT2D eigenvalue weighted by Gasteiger charge is -2.19. The Hall–Kier alpha value is -3.75. The summed E-state index contributed by atoms with van der Waals surface area (Å²) in [6, 6.07) is 11.2. The fourth-order valence-corrected chi connectivity index (χ4v) is 4.66. The Balaban J connectivity index is 1.48. The van der Waals surface area contributed by atoms with E-state index in [9.17, 15) is 24.5 Å². The molecule has 2 atom stereocenters. The van der Waals surface area contributed by atoms with Crippen LogP contribution in [0.5, 0.6) is 0 Å². The molecule has 2 aromatic carbocycles. The standard InChI is InChI=1S/C24H26N4O5/c1-15-5-4-6-16(13-15)26-22(29)20-14-17(28(32)33)9-10-21(20)25-11-12-27-23(30)18-7-2-3-8-19(18)24(27)31/h4-6,9-10,13-14,18-19,25H,2-3,7-8,11-12H2,1H3,(H,26,29)/t18-,19-/m0/s1. The van der Waals surface area contributed by atoms with Crippen LogP contribution < -0.4 is 10.6 Å². The van der Waals surface area contributed by atoms with E-state index < -0.39 is 10.8 Å². The summed E-state index contributed by atoms with van der Waals surface area (Å²) in [4.78, 5) is 50.2. The number of benzene rings is 2. The molecule has 0 bridgehead atoms. The van der Waals surface area contributed by atoms with Gasteiger partial charge in [-0.3, -0.25) is 29.4 Å². The largest absolute Gasteiger partial charge is 0.383 e. The molecular weight excluding hydrogens is 424 g/mol. The number of amides is 3. The average Bonchev–Trinajstić information content (AvgIpc) is 3.04. The zero-order chi connectivity index (χ0) is 23.5. The quantitative estimate of drug-likeness (QED) is 0.376. The molecule has 1 aliphatic carbocycles. The van der Waals surface area contributed by atoms with Crippen molar-refractivity contribution in [2.24, 2.45) is 11.8 Å². The number of likely N-dealkylation sites (tertiary alicyclic amines) is 1. The maximum Gasteiger partial charge on any atom is 0.270 e. The zero-order valence-corrected chi connectivity index (χ0v) is 18.4. The van der Waals surface area contributed by atoms with Crippen molar-refractivity contribution >= 4 is 34.8 Å². The van der Waals surface area contributed by atoms with Gasteiger partial charge >= 0.3 is 0 Å². The Bertz CT molecular complexity index is 1090. The number of anilines is 2. The molecule has 9 nitrogen and oxygen atoms in total. The van der Waals surface area contributed by atoms with Crippen LogP contribution in [0.25, 0.3) is 0 Å². The van der Waals surface area contributed by atoms with Gasteiger partial charge in [0.2, 0.25) is 11.8 Å². The van der Waals surface area contributed by atoms with Gasteiger partial charge < -0.3 is 10.6 Å².